The van der Waals surface area contributed by atoms with Gasteiger partial charge < -0.3 is 25.2 Å². The lowest BCUT2D eigenvalue weighted by Gasteiger charge is -2.20. The van der Waals surface area contributed by atoms with Crippen molar-refractivity contribution in [3.63, 3.8) is 0 Å². The number of phosphoric acid groups is 1. The van der Waals surface area contributed by atoms with E-state index in [2.05, 4.69) is 42.7 Å². The summed E-state index contributed by atoms with van der Waals surface area (Å²) >= 11 is 0. The molecule has 0 saturated carbocycles. The van der Waals surface area contributed by atoms with Gasteiger partial charge >= 0.3 is 25.7 Å². The van der Waals surface area contributed by atoms with Gasteiger partial charge in [-0.05, 0) is 44.9 Å². The van der Waals surface area contributed by atoms with Crippen LogP contribution in [0.2, 0.25) is 0 Å². The molecule has 0 aromatic rings. The first-order valence-electron chi connectivity index (χ1n) is 24.4. The zero-order valence-electron chi connectivity index (χ0n) is 38.3. The Morgan fingerprint density at radius 2 is 0.883 bits per heavy atom. The molecule has 0 radical (unpaired) electrons. The van der Waals surface area contributed by atoms with Gasteiger partial charge in [-0.15, -0.1) is 0 Å². The molecule has 0 saturated heterocycles. The molecule has 0 aliphatic heterocycles. The molecular formula is C48H90NO10P. The molecule has 12 heteroatoms. The van der Waals surface area contributed by atoms with Crippen LogP contribution in [0.1, 0.15) is 232 Å². The number of carbonyl (C=O) groups excluding carboxylic acids is 2. The van der Waals surface area contributed by atoms with Crippen LogP contribution in [0.5, 0.6) is 0 Å². The molecule has 0 amide bonds. The molecular weight excluding hydrogens is 781 g/mol. The van der Waals surface area contributed by atoms with Gasteiger partial charge in [0.15, 0.2) is 6.10 Å². The van der Waals surface area contributed by atoms with E-state index in [1.165, 1.54) is 135 Å². The van der Waals surface area contributed by atoms with Crippen LogP contribution in [0.3, 0.4) is 0 Å². The summed E-state index contributed by atoms with van der Waals surface area (Å²) in [6.45, 7) is 2.81. The third-order valence-corrected chi connectivity index (χ3v) is 11.7. The number of allylic oxidation sites excluding steroid dienone is 4. The van der Waals surface area contributed by atoms with E-state index in [4.69, 9.17) is 24.8 Å². The zero-order chi connectivity index (χ0) is 44.2. The lowest BCUT2D eigenvalue weighted by Crippen LogP contribution is -2.34. The number of nitrogens with two attached hydrogens (primary N) is 1. The number of unbranched alkanes of at least 4 members (excludes halogenated alkanes) is 28. The molecule has 60 heavy (non-hydrogen) atoms. The van der Waals surface area contributed by atoms with Gasteiger partial charge in [0.2, 0.25) is 0 Å². The fraction of sp³-hybridized carbons (Fsp3) is 0.854. The number of carbonyl (C=O) groups is 3. The Hall–Kier alpha value is -2.04. The SMILES string of the molecule is CCCCC/C=C\C/C=C\CCCCCCCCCC(=O)OC(COC(=O)CCCCCCCCCCCCCCCCCCCCC)COP(=O)(O)OCC(N)C(=O)O. The van der Waals surface area contributed by atoms with Crippen molar-refractivity contribution in [2.24, 2.45) is 5.73 Å². The summed E-state index contributed by atoms with van der Waals surface area (Å²) < 4.78 is 32.8. The monoisotopic (exact) mass is 872 g/mol. The summed E-state index contributed by atoms with van der Waals surface area (Å²) in [5.74, 6) is -2.37. The summed E-state index contributed by atoms with van der Waals surface area (Å²) in [4.78, 5) is 46.1. The Balaban J connectivity index is 4.26. The normalized spacial score (nSPS) is 13.8. The second-order valence-corrected chi connectivity index (χ2v) is 18.1. The molecule has 0 fully saturated rings. The van der Waals surface area contributed by atoms with E-state index < -0.39 is 51.1 Å². The average Bonchev–Trinajstić information content (AvgIpc) is 3.22. The number of phosphoric ester groups is 1. The number of rotatable bonds is 46. The summed E-state index contributed by atoms with van der Waals surface area (Å²) in [5.41, 5.74) is 5.35. The first-order chi connectivity index (χ1) is 29.1. The molecule has 0 heterocycles. The van der Waals surface area contributed by atoms with E-state index in [1.54, 1.807) is 0 Å². The first-order valence-corrected chi connectivity index (χ1v) is 25.9. The summed E-state index contributed by atoms with van der Waals surface area (Å²) in [6, 6.07) is -1.52. The standard InChI is InChI=1S/C48H90NO10P/c1-3-5-7-9-11-13-15-17-19-21-22-24-25-27-29-31-33-35-37-39-46(50)56-41-44(42-57-60(54,55)58-43-45(49)48(52)53)59-47(51)40-38-36-34-32-30-28-26-23-20-18-16-14-12-10-8-6-4-2/h12,14,18,20,44-45H,3-11,13,15-17,19,21-43,49H2,1-2H3,(H,52,53)(H,54,55)/b14-12-,20-18-. The van der Waals surface area contributed by atoms with E-state index in [1.807, 2.05) is 0 Å². The fourth-order valence-corrected chi connectivity index (χ4v) is 7.64. The van der Waals surface area contributed by atoms with Gasteiger partial charge in [0.25, 0.3) is 0 Å². The zero-order valence-corrected chi connectivity index (χ0v) is 39.2. The van der Waals surface area contributed by atoms with E-state index in [9.17, 15) is 23.8 Å². The molecule has 3 atom stereocenters. The van der Waals surface area contributed by atoms with Crippen molar-refractivity contribution in [1.29, 1.82) is 0 Å². The largest absolute Gasteiger partial charge is 0.480 e. The van der Waals surface area contributed by atoms with Crippen molar-refractivity contribution in [2.45, 2.75) is 244 Å². The van der Waals surface area contributed by atoms with Crippen LogP contribution in [0.15, 0.2) is 24.3 Å². The number of ether oxygens (including phenoxy) is 2. The molecule has 4 N–H and O–H groups in total. The molecule has 3 unspecified atom stereocenters. The van der Waals surface area contributed by atoms with E-state index in [0.29, 0.717) is 12.8 Å². The highest BCUT2D eigenvalue weighted by Gasteiger charge is 2.28. The van der Waals surface area contributed by atoms with Crippen LogP contribution in [-0.4, -0.2) is 59.9 Å². The lowest BCUT2D eigenvalue weighted by atomic mass is 10.0. The van der Waals surface area contributed by atoms with E-state index in [-0.39, 0.29) is 19.4 Å². The molecule has 0 bridgehead atoms. The number of hydrogen-bond donors (Lipinski definition) is 3. The molecule has 0 aromatic carbocycles. The second kappa shape index (κ2) is 43.6. The number of carboxylic acid groups (broad SMARTS) is 1. The molecule has 352 valence electrons. The van der Waals surface area contributed by atoms with Gasteiger partial charge in [0, 0.05) is 12.8 Å². The molecule has 0 aliphatic carbocycles. The minimum atomic E-state index is -4.72. The summed E-state index contributed by atoms with van der Waals surface area (Å²) in [7, 11) is -4.72. The Morgan fingerprint density at radius 3 is 1.33 bits per heavy atom. The molecule has 0 aliphatic rings. The van der Waals surface area contributed by atoms with Crippen molar-refractivity contribution in [1.82, 2.24) is 0 Å². The number of esters is 2. The lowest BCUT2D eigenvalue weighted by molar-refractivity contribution is -0.161. The predicted octanol–water partition coefficient (Wildman–Crippen LogP) is 13.4. The highest BCUT2D eigenvalue weighted by atomic mass is 31.2. The second-order valence-electron chi connectivity index (χ2n) is 16.6. The van der Waals surface area contributed by atoms with Crippen molar-refractivity contribution >= 4 is 25.7 Å². The molecule has 0 spiro atoms. The van der Waals surface area contributed by atoms with E-state index in [0.717, 1.165) is 57.8 Å². The Morgan fingerprint density at radius 1 is 0.517 bits per heavy atom. The van der Waals surface area contributed by atoms with Gasteiger partial charge in [-0.1, -0.05) is 199 Å². The van der Waals surface area contributed by atoms with Crippen molar-refractivity contribution in [3.05, 3.63) is 24.3 Å². The smallest absolute Gasteiger partial charge is 0.472 e. The highest BCUT2D eigenvalue weighted by Crippen LogP contribution is 2.43. The van der Waals surface area contributed by atoms with Crippen molar-refractivity contribution < 1.29 is 47.5 Å². The maximum absolute atomic E-state index is 12.7. The number of hydrogen-bond acceptors (Lipinski definition) is 9. The van der Waals surface area contributed by atoms with Gasteiger partial charge in [-0.25, -0.2) is 4.57 Å². The number of aliphatic carboxylic acids is 1. The van der Waals surface area contributed by atoms with Crippen LogP contribution in [0, 0.1) is 0 Å². The van der Waals surface area contributed by atoms with Gasteiger partial charge in [0.1, 0.15) is 12.6 Å². The third kappa shape index (κ3) is 42.6. The minimum Gasteiger partial charge on any atom is -0.480 e. The minimum absolute atomic E-state index is 0.155. The van der Waals surface area contributed by atoms with Crippen LogP contribution in [-0.2, 0) is 37.5 Å². The van der Waals surface area contributed by atoms with Gasteiger partial charge in [0.05, 0.1) is 13.2 Å². The Bertz CT molecular complexity index is 1120. The summed E-state index contributed by atoms with van der Waals surface area (Å²) in [6.07, 6.45) is 46.6. The van der Waals surface area contributed by atoms with Gasteiger partial charge in [-0.3, -0.25) is 23.4 Å². The quantitative estimate of drug-likeness (QED) is 0.0230. The van der Waals surface area contributed by atoms with Crippen LogP contribution >= 0.6 is 7.82 Å². The van der Waals surface area contributed by atoms with Crippen LogP contribution in [0.4, 0.5) is 0 Å². The maximum Gasteiger partial charge on any atom is 0.472 e. The topological polar surface area (TPSA) is 172 Å². The number of carboxylic acids is 1. The van der Waals surface area contributed by atoms with E-state index >= 15 is 0 Å². The first kappa shape index (κ1) is 58.0. The predicted molar refractivity (Wildman–Crippen MR) is 245 cm³/mol. The Labute approximate surface area is 366 Å². The Kier molecular flexibility index (Phi) is 42.1. The average molecular weight is 872 g/mol. The molecule has 0 aromatic heterocycles. The van der Waals surface area contributed by atoms with Crippen molar-refractivity contribution in [3.8, 4) is 0 Å². The fourth-order valence-electron chi connectivity index (χ4n) is 6.86. The molecule has 11 nitrogen and oxygen atoms in total. The van der Waals surface area contributed by atoms with Gasteiger partial charge in [-0.2, -0.15) is 0 Å². The highest BCUT2D eigenvalue weighted by molar-refractivity contribution is 7.47. The maximum atomic E-state index is 12.7. The summed E-state index contributed by atoms with van der Waals surface area (Å²) in [5, 5.41) is 8.91. The van der Waals surface area contributed by atoms with Crippen LogP contribution < -0.4 is 5.73 Å². The molecule has 0 rings (SSSR count). The van der Waals surface area contributed by atoms with Crippen molar-refractivity contribution in [2.75, 3.05) is 19.8 Å². The van der Waals surface area contributed by atoms with Crippen LogP contribution in [0.25, 0.3) is 0 Å². The third-order valence-electron chi connectivity index (χ3n) is 10.7.